The second-order valence-corrected chi connectivity index (χ2v) is 5.69. The largest absolute Gasteiger partial charge is 0.506 e. The third-order valence-electron chi connectivity index (χ3n) is 3.93. The number of carbonyl (C=O) groups is 1. The third kappa shape index (κ3) is 3.27. The molecule has 1 aliphatic carbocycles. The highest BCUT2D eigenvalue weighted by atomic mass is 16.3. The van der Waals surface area contributed by atoms with Gasteiger partial charge in [0.1, 0.15) is 17.3 Å². The van der Waals surface area contributed by atoms with Crippen molar-refractivity contribution in [1.82, 2.24) is 0 Å². The predicted octanol–water partition coefficient (Wildman–Crippen LogP) is 3.68. The first kappa shape index (κ1) is 13.7. The first-order valence-corrected chi connectivity index (χ1v) is 7.30. The summed E-state index contributed by atoms with van der Waals surface area (Å²) in [5.74, 6) is 3.11. The molecule has 4 nitrogen and oxygen atoms in total. The molecule has 0 saturated heterocycles. The van der Waals surface area contributed by atoms with Crippen molar-refractivity contribution in [2.75, 3.05) is 5.32 Å². The first-order chi connectivity index (χ1) is 10.1. The number of aromatic hydroxyl groups is 1. The lowest BCUT2D eigenvalue weighted by molar-refractivity contribution is -0.116. The van der Waals surface area contributed by atoms with Gasteiger partial charge in [-0.05, 0) is 36.6 Å². The summed E-state index contributed by atoms with van der Waals surface area (Å²) in [7, 11) is 0. The second-order valence-electron chi connectivity index (χ2n) is 5.69. The van der Waals surface area contributed by atoms with Gasteiger partial charge in [-0.1, -0.05) is 19.1 Å². The molecule has 1 aliphatic rings. The highest BCUT2D eigenvalue weighted by Crippen LogP contribution is 2.47. The number of rotatable bonds is 5. The van der Waals surface area contributed by atoms with Crippen LogP contribution in [0.2, 0.25) is 0 Å². The number of benzene rings is 1. The van der Waals surface area contributed by atoms with Gasteiger partial charge >= 0.3 is 0 Å². The number of carbonyl (C=O) groups excluding carboxylic acids is 1. The molecule has 1 aromatic heterocycles. The van der Waals surface area contributed by atoms with Crippen molar-refractivity contribution in [2.45, 2.75) is 32.1 Å². The van der Waals surface area contributed by atoms with Crippen LogP contribution in [-0.4, -0.2) is 11.0 Å². The molecule has 1 amide bonds. The summed E-state index contributed by atoms with van der Waals surface area (Å²) >= 11 is 0. The zero-order valence-electron chi connectivity index (χ0n) is 12.0. The van der Waals surface area contributed by atoms with Crippen LogP contribution in [0.3, 0.4) is 0 Å². The number of aryl methyl sites for hydroxylation is 1. The Hall–Kier alpha value is -2.23. The molecule has 1 fully saturated rings. The van der Waals surface area contributed by atoms with Gasteiger partial charge in [0.15, 0.2) is 0 Å². The first-order valence-electron chi connectivity index (χ1n) is 7.30. The topological polar surface area (TPSA) is 62.5 Å². The maximum atomic E-state index is 11.9. The predicted molar refractivity (Wildman–Crippen MR) is 80.3 cm³/mol. The van der Waals surface area contributed by atoms with Gasteiger partial charge in [0, 0.05) is 18.8 Å². The van der Waals surface area contributed by atoms with Crippen molar-refractivity contribution in [3.63, 3.8) is 0 Å². The summed E-state index contributed by atoms with van der Waals surface area (Å²) in [5.41, 5.74) is 0.439. The maximum absolute atomic E-state index is 11.9. The van der Waals surface area contributed by atoms with E-state index < -0.39 is 0 Å². The Balaban J connectivity index is 1.52. The number of para-hydroxylation sites is 2. The van der Waals surface area contributed by atoms with Gasteiger partial charge in [0.25, 0.3) is 0 Å². The molecule has 110 valence electrons. The second kappa shape index (κ2) is 5.64. The molecule has 1 heterocycles. The normalized spacial score (nSPS) is 20.2. The van der Waals surface area contributed by atoms with E-state index in [2.05, 4.69) is 12.2 Å². The van der Waals surface area contributed by atoms with Crippen LogP contribution in [0.5, 0.6) is 5.75 Å². The minimum atomic E-state index is -0.130. The van der Waals surface area contributed by atoms with E-state index in [0.29, 0.717) is 30.4 Å². The average Bonchev–Trinajstić information content (AvgIpc) is 3.01. The van der Waals surface area contributed by atoms with Crippen molar-refractivity contribution in [2.24, 2.45) is 5.92 Å². The van der Waals surface area contributed by atoms with E-state index in [9.17, 15) is 9.90 Å². The molecule has 3 rings (SSSR count). The van der Waals surface area contributed by atoms with Crippen molar-refractivity contribution in [1.29, 1.82) is 0 Å². The average molecular weight is 285 g/mol. The number of anilines is 1. The number of hydrogen-bond donors (Lipinski definition) is 2. The monoisotopic (exact) mass is 285 g/mol. The molecule has 0 radical (unpaired) electrons. The summed E-state index contributed by atoms with van der Waals surface area (Å²) in [6.45, 7) is 2.21. The molecular formula is C17H19NO3. The third-order valence-corrected chi connectivity index (χ3v) is 3.93. The van der Waals surface area contributed by atoms with E-state index in [1.807, 2.05) is 12.1 Å². The lowest BCUT2D eigenvalue weighted by Gasteiger charge is -2.06. The number of phenols is 1. The molecule has 1 aromatic carbocycles. The van der Waals surface area contributed by atoms with Crippen LogP contribution >= 0.6 is 0 Å². The number of furan rings is 1. The molecule has 2 N–H and O–H groups in total. The van der Waals surface area contributed by atoms with Gasteiger partial charge in [-0.25, -0.2) is 0 Å². The number of amides is 1. The molecule has 0 spiro atoms. The van der Waals surface area contributed by atoms with Gasteiger partial charge in [-0.15, -0.1) is 0 Å². The molecule has 2 atom stereocenters. The van der Waals surface area contributed by atoms with Crippen molar-refractivity contribution < 1.29 is 14.3 Å². The van der Waals surface area contributed by atoms with Crippen LogP contribution in [-0.2, 0) is 11.2 Å². The van der Waals surface area contributed by atoms with Crippen LogP contribution in [0.15, 0.2) is 40.8 Å². The van der Waals surface area contributed by atoms with Gasteiger partial charge in [0.2, 0.25) is 5.91 Å². The lowest BCUT2D eigenvalue weighted by Crippen LogP contribution is -2.12. The van der Waals surface area contributed by atoms with Crippen LogP contribution in [0.25, 0.3) is 0 Å². The Morgan fingerprint density at radius 2 is 2.10 bits per heavy atom. The van der Waals surface area contributed by atoms with Gasteiger partial charge in [-0.2, -0.15) is 0 Å². The van der Waals surface area contributed by atoms with Crippen LogP contribution in [0, 0.1) is 5.92 Å². The molecular weight excluding hydrogens is 266 g/mol. The van der Waals surface area contributed by atoms with E-state index in [0.717, 1.165) is 11.5 Å². The molecule has 1 saturated carbocycles. The molecule has 4 heteroatoms. The van der Waals surface area contributed by atoms with Crippen LogP contribution in [0.1, 0.15) is 37.2 Å². The zero-order chi connectivity index (χ0) is 14.8. The van der Waals surface area contributed by atoms with E-state index in [1.165, 1.54) is 6.42 Å². The number of hydrogen-bond acceptors (Lipinski definition) is 3. The fourth-order valence-corrected chi connectivity index (χ4v) is 2.48. The zero-order valence-corrected chi connectivity index (χ0v) is 12.0. The van der Waals surface area contributed by atoms with E-state index in [-0.39, 0.29) is 11.7 Å². The Bertz CT molecular complexity index is 647. The highest BCUT2D eigenvalue weighted by Gasteiger charge is 2.36. The summed E-state index contributed by atoms with van der Waals surface area (Å²) in [4.78, 5) is 11.9. The number of nitrogens with one attached hydrogen (secondary N) is 1. The van der Waals surface area contributed by atoms with E-state index in [4.69, 9.17) is 4.42 Å². The maximum Gasteiger partial charge on any atom is 0.224 e. The highest BCUT2D eigenvalue weighted by molar-refractivity contribution is 5.92. The summed E-state index contributed by atoms with van der Waals surface area (Å²) in [5, 5.41) is 12.3. The quantitative estimate of drug-likeness (QED) is 0.824. The number of phenolic OH excluding ortho intramolecular Hbond substituents is 1. The smallest absolute Gasteiger partial charge is 0.224 e. The minimum Gasteiger partial charge on any atom is -0.506 e. The van der Waals surface area contributed by atoms with Crippen molar-refractivity contribution in [3.05, 3.63) is 47.9 Å². The SMILES string of the molecule is C[C@@H]1C[C@@H]1c1ccc(CCC(=O)Nc2ccccc2O)o1. The summed E-state index contributed by atoms with van der Waals surface area (Å²) < 4.78 is 5.77. The molecule has 21 heavy (non-hydrogen) atoms. The van der Waals surface area contributed by atoms with Gasteiger partial charge < -0.3 is 14.8 Å². The summed E-state index contributed by atoms with van der Waals surface area (Å²) in [6, 6.07) is 10.7. The van der Waals surface area contributed by atoms with Crippen LogP contribution < -0.4 is 5.32 Å². The van der Waals surface area contributed by atoms with Gasteiger partial charge in [-0.3, -0.25) is 4.79 Å². The van der Waals surface area contributed by atoms with Crippen LogP contribution in [0.4, 0.5) is 5.69 Å². The molecule has 2 aromatic rings. The van der Waals surface area contributed by atoms with E-state index in [1.54, 1.807) is 24.3 Å². The van der Waals surface area contributed by atoms with E-state index >= 15 is 0 Å². The molecule has 0 unspecified atom stereocenters. The Morgan fingerprint density at radius 3 is 2.81 bits per heavy atom. The summed E-state index contributed by atoms with van der Waals surface area (Å²) in [6.07, 6.45) is 2.10. The van der Waals surface area contributed by atoms with Crippen molar-refractivity contribution in [3.8, 4) is 5.75 Å². The van der Waals surface area contributed by atoms with Crippen molar-refractivity contribution >= 4 is 11.6 Å². The van der Waals surface area contributed by atoms with Gasteiger partial charge in [0.05, 0.1) is 5.69 Å². The molecule has 0 bridgehead atoms. The molecule has 0 aliphatic heterocycles. The Morgan fingerprint density at radius 1 is 1.33 bits per heavy atom. The Kier molecular flexibility index (Phi) is 3.69. The minimum absolute atomic E-state index is 0.0776. The fourth-order valence-electron chi connectivity index (χ4n) is 2.48. The standard InChI is InChI=1S/C17H19NO3/c1-11-10-13(11)16-8-6-12(21-16)7-9-17(20)18-14-4-2-3-5-15(14)19/h2-6,8,11,13,19H,7,9-10H2,1H3,(H,18,20)/t11-,13+/m1/s1. The lowest BCUT2D eigenvalue weighted by atomic mass is 10.2. The Labute approximate surface area is 123 Å². The fraction of sp³-hybridized carbons (Fsp3) is 0.353.